The Morgan fingerprint density at radius 1 is 0.429 bits per heavy atom. The molecule has 4 aromatic carbocycles. The first-order valence-corrected chi connectivity index (χ1v) is 21.7. The molecule has 3 saturated heterocycles. The SMILES string of the molecule is COC1OCC(OC2OCC(OC3OCC(C)C(OCc4ccccc4)C(OCc4ccccc4)C3C)C(O)C(O)C2O)C(O)C(OCc2ccccc2)C1OCc1ccccc1. The zero-order chi connectivity index (χ0) is 44.1. The van der Waals surface area contributed by atoms with E-state index in [1.165, 1.54) is 7.11 Å². The van der Waals surface area contributed by atoms with Crippen LogP contribution in [-0.4, -0.2) is 127 Å². The van der Waals surface area contributed by atoms with Crippen molar-refractivity contribution in [3.63, 3.8) is 0 Å². The van der Waals surface area contributed by atoms with Crippen molar-refractivity contribution >= 4 is 0 Å². The molecule has 7 rings (SSSR count). The molecule has 342 valence electrons. The summed E-state index contributed by atoms with van der Waals surface area (Å²) < 4.78 is 62.9. The summed E-state index contributed by atoms with van der Waals surface area (Å²) in [6.45, 7) is 4.69. The van der Waals surface area contributed by atoms with Crippen LogP contribution < -0.4 is 0 Å². The van der Waals surface area contributed by atoms with Crippen molar-refractivity contribution < 1.29 is 67.8 Å². The largest absolute Gasteiger partial charge is 0.387 e. The molecule has 15 unspecified atom stereocenters. The smallest absolute Gasteiger partial charge is 0.186 e. The lowest BCUT2D eigenvalue weighted by Crippen LogP contribution is -2.52. The van der Waals surface area contributed by atoms with Crippen LogP contribution in [0.5, 0.6) is 0 Å². The van der Waals surface area contributed by atoms with Gasteiger partial charge < -0.3 is 67.8 Å². The summed E-state index contributed by atoms with van der Waals surface area (Å²) in [5, 5.41) is 46.3. The molecule has 3 aliphatic rings. The van der Waals surface area contributed by atoms with Gasteiger partial charge in [-0.15, -0.1) is 0 Å². The lowest BCUT2D eigenvalue weighted by Gasteiger charge is -2.35. The first-order valence-electron chi connectivity index (χ1n) is 21.7. The minimum absolute atomic E-state index is 0.110. The normalized spacial score (nSPS) is 34.1. The Morgan fingerprint density at radius 2 is 0.825 bits per heavy atom. The maximum absolute atomic E-state index is 12.0. The summed E-state index contributed by atoms with van der Waals surface area (Å²) in [6.07, 6.45) is -15.2. The molecule has 14 heteroatoms. The minimum Gasteiger partial charge on any atom is -0.387 e. The van der Waals surface area contributed by atoms with Crippen molar-refractivity contribution in [2.45, 2.75) is 120 Å². The predicted octanol–water partition coefficient (Wildman–Crippen LogP) is 4.53. The van der Waals surface area contributed by atoms with E-state index in [2.05, 4.69) is 0 Å². The number of benzene rings is 4. The van der Waals surface area contributed by atoms with Crippen LogP contribution in [0.15, 0.2) is 121 Å². The third-order valence-electron chi connectivity index (χ3n) is 11.9. The van der Waals surface area contributed by atoms with Crippen LogP contribution in [-0.2, 0) is 73.8 Å². The molecule has 3 aliphatic heterocycles. The summed E-state index contributed by atoms with van der Waals surface area (Å²) in [6, 6.07) is 38.8. The highest BCUT2D eigenvalue weighted by molar-refractivity contribution is 5.16. The van der Waals surface area contributed by atoms with E-state index in [1.54, 1.807) is 0 Å². The van der Waals surface area contributed by atoms with Crippen LogP contribution in [0.1, 0.15) is 36.1 Å². The highest BCUT2D eigenvalue weighted by Crippen LogP contribution is 2.34. The molecule has 63 heavy (non-hydrogen) atoms. The quantitative estimate of drug-likeness (QED) is 0.117. The number of aliphatic hydroxyl groups excluding tert-OH is 4. The van der Waals surface area contributed by atoms with Gasteiger partial charge in [-0.05, 0) is 22.3 Å². The molecule has 0 aromatic heterocycles. The molecule has 0 spiro atoms. The van der Waals surface area contributed by atoms with Gasteiger partial charge in [-0.2, -0.15) is 0 Å². The van der Waals surface area contributed by atoms with Gasteiger partial charge in [0, 0.05) is 18.9 Å². The van der Waals surface area contributed by atoms with Gasteiger partial charge in [-0.25, -0.2) is 0 Å². The highest BCUT2D eigenvalue weighted by atomic mass is 16.7. The number of ether oxygens (including phenoxy) is 10. The monoisotopic (exact) mass is 874 g/mol. The number of aliphatic hydroxyl groups is 4. The molecule has 14 nitrogen and oxygen atoms in total. The third kappa shape index (κ3) is 12.6. The fourth-order valence-electron chi connectivity index (χ4n) is 8.19. The van der Waals surface area contributed by atoms with Crippen molar-refractivity contribution in [3.05, 3.63) is 144 Å². The second kappa shape index (κ2) is 23.5. The number of methoxy groups -OCH3 is 1. The van der Waals surface area contributed by atoms with Crippen molar-refractivity contribution in [2.24, 2.45) is 11.8 Å². The van der Waals surface area contributed by atoms with E-state index in [9.17, 15) is 20.4 Å². The first kappa shape index (κ1) is 47.3. The van der Waals surface area contributed by atoms with Gasteiger partial charge in [0.2, 0.25) is 0 Å². The van der Waals surface area contributed by atoms with E-state index in [1.807, 2.05) is 135 Å². The van der Waals surface area contributed by atoms with Crippen LogP contribution in [0.2, 0.25) is 0 Å². The Labute approximate surface area is 369 Å². The van der Waals surface area contributed by atoms with E-state index < -0.39 is 79.7 Å². The second-order valence-electron chi connectivity index (χ2n) is 16.5. The lowest BCUT2D eigenvalue weighted by atomic mass is 9.92. The molecule has 0 bridgehead atoms. The van der Waals surface area contributed by atoms with E-state index >= 15 is 0 Å². The molecule has 0 aliphatic carbocycles. The maximum atomic E-state index is 12.0. The summed E-state index contributed by atoms with van der Waals surface area (Å²) in [5.74, 6) is -0.540. The van der Waals surface area contributed by atoms with Gasteiger partial charge in [0.25, 0.3) is 0 Å². The molecule has 4 aromatic rings. The second-order valence-corrected chi connectivity index (χ2v) is 16.5. The summed E-state index contributed by atoms with van der Waals surface area (Å²) in [7, 11) is 1.47. The van der Waals surface area contributed by atoms with Crippen LogP contribution >= 0.6 is 0 Å². The minimum atomic E-state index is -1.78. The Balaban J connectivity index is 1.05. The summed E-state index contributed by atoms with van der Waals surface area (Å²) in [5.41, 5.74) is 3.76. The molecule has 0 radical (unpaired) electrons. The van der Waals surface area contributed by atoms with Gasteiger partial charge in [0.1, 0.15) is 48.8 Å². The zero-order valence-corrected chi connectivity index (χ0v) is 36.0. The fraction of sp³-hybridized carbons (Fsp3) is 0.510. The predicted molar refractivity (Wildman–Crippen MR) is 228 cm³/mol. The fourth-order valence-corrected chi connectivity index (χ4v) is 8.19. The molecule has 3 fully saturated rings. The number of hydrogen-bond donors (Lipinski definition) is 4. The van der Waals surface area contributed by atoms with Crippen molar-refractivity contribution in [2.75, 3.05) is 26.9 Å². The molecule has 15 atom stereocenters. The number of hydrogen-bond acceptors (Lipinski definition) is 14. The van der Waals surface area contributed by atoms with E-state index in [0.717, 1.165) is 22.3 Å². The molecule has 0 saturated carbocycles. The van der Waals surface area contributed by atoms with Gasteiger partial charge in [0.15, 0.2) is 18.9 Å². The molecular weight excluding hydrogens is 813 g/mol. The Kier molecular flexibility index (Phi) is 17.6. The van der Waals surface area contributed by atoms with Crippen LogP contribution in [0.3, 0.4) is 0 Å². The first-order chi connectivity index (χ1) is 30.7. The average Bonchev–Trinajstić information content (AvgIpc) is 3.57. The van der Waals surface area contributed by atoms with E-state index in [-0.39, 0.29) is 45.1 Å². The van der Waals surface area contributed by atoms with E-state index in [4.69, 9.17) is 47.4 Å². The summed E-state index contributed by atoms with van der Waals surface area (Å²) >= 11 is 0. The Bertz CT molecular complexity index is 1880. The van der Waals surface area contributed by atoms with Crippen molar-refractivity contribution in [1.29, 1.82) is 0 Å². The molecule has 3 heterocycles. The Morgan fingerprint density at radius 3 is 1.32 bits per heavy atom. The highest BCUT2D eigenvalue weighted by Gasteiger charge is 2.49. The van der Waals surface area contributed by atoms with Gasteiger partial charge in [-0.1, -0.05) is 135 Å². The van der Waals surface area contributed by atoms with Crippen LogP contribution in [0.25, 0.3) is 0 Å². The average molecular weight is 875 g/mol. The van der Waals surface area contributed by atoms with Gasteiger partial charge in [0.05, 0.1) is 58.5 Å². The zero-order valence-electron chi connectivity index (χ0n) is 36.0. The molecular formula is C49H62O14. The van der Waals surface area contributed by atoms with Gasteiger partial charge >= 0.3 is 0 Å². The lowest BCUT2D eigenvalue weighted by molar-refractivity contribution is -0.261. The standard InChI is InChI=1S/C49H62O14/c1-31-24-59-47(32(2)44(56-26-34-18-10-5-11-19-34)43(31)55-25-33-16-8-4-9-17-33)62-37-29-60-48(42(53)41(52)39(37)50)63-38-30-61-49(54-3)46(58-28-36-22-14-7-15-23-36)45(40(38)51)57-27-35-20-12-6-13-21-35/h4-23,31-32,37-53H,24-30H2,1-3H3. The van der Waals surface area contributed by atoms with Crippen LogP contribution in [0, 0.1) is 11.8 Å². The third-order valence-corrected chi connectivity index (χ3v) is 11.9. The number of rotatable bonds is 17. The topological polar surface area (TPSA) is 173 Å². The van der Waals surface area contributed by atoms with Crippen LogP contribution in [0.4, 0.5) is 0 Å². The van der Waals surface area contributed by atoms with Crippen molar-refractivity contribution in [3.8, 4) is 0 Å². The maximum Gasteiger partial charge on any atom is 0.186 e. The summed E-state index contributed by atoms with van der Waals surface area (Å²) in [4.78, 5) is 0. The molecule has 0 amide bonds. The van der Waals surface area contributed by atoms with E-state index in [0.29, 0.717) is 13.2 Å². The van der Waals surface area contributed by atoms with Crippen molar-refractivity contribution in [1.82, 2.24) is 0 Å². The Hall–Kier alpha value is -3.68. The van der Waals surface area contributed by atoms with Gasteiger partial charge in [-0.3, -0.25) is 0 Å². The molecule has 4 N–H and O–H groups in total.